The van der Waals surface area contributed by atoms with Crippen molar-refractivity contribution in [2.75, 3.05) is 14.1 Å². The van der Waals surface area contributed by atoms with Crippen LogP contribution in [0.15, 0.2) is 35.9 Å². The summed E-state index contributed by atoms with van der Waals surface area (Å²) in [4.78, 5) is 14.4. The molecule has 0 spiro atoms. The van der Waals surface area contributed by atoms with Gasteiger partial charge in [0.05, 0.1) is 0 Å². The van der Waals surface area contributed by atoms with Crippen LogP contribution in [0.5, 0.6) is 0 Å². The highest BCUT2D eigenvalue weighted by atomic mass is 16.2. The van der Waals surface area contributed by atoms with E-state index in [1.807, 2.05) is 14.1 Å². The van der Waals surface area contributed by atoms with Crippen molar-refractivity contribution in [1.29, 1.82) is 0 Å². The van der Waals surface area contributed by atoms with E-state index >= 15 is 0 Å². The molecular weight excluding hydrogens is 282 g/mol. The van der Waals surface area contributed by atoms with E-state index in [4.69, 9.17) is 0 Å². The SMILES string of the molecule is CN(C)C(=O)C1=CC[C@H]2[C@@H]3CCc4ccccc4[C@H]3CC[C@]12C. The number of rotatable bonds is 1. The Hall–Kier alpha value is -1.57. The van der Waals surface area contributed by atoms with Crippen LogP contribution < -0.4 is 0 Å². The molecule has 1 saturated carbocycles. The second kappa shape index (κ2) is 5.22. The lowest BCUT2D eigenvalue weighted by Gasteiger charge is -2.50. The highest BCUT2D eigenvalue weighted by molar-refractivity contribution is 5.95. The molecule has 0 saturated heterocycles. The van der Waals surface area contributed by atoms with E-state index in [-0.39, 0.29) is 11.3 Å². The summed E-state index contributed by atoms with van der Waals surface area (Å²) in [6.07, 6.45) is 8.23. The molecule has 1 aromatic rings. The van der Waals surface area contributed by atoms with Gasteiger partial charge in [0.15, 0.2) is 0 Å². The van der Waals surface area contributed by atoms with Gasteiger partial charge < -0.3 is 4.90 Å². The van der Waals surface area contributed by atoms with Gasteiger partial charge in [-0.3, -0.25) is 4.79 Å². The molecule has 4 rings (SSSR count). The van der Waals surface area contributed by atoms with E-state index in [0.717, 1.165) is 24.3 Å². The molecule has 1 fully saturated rings. The van der Waals surface area contributed by atoms with Gasteiger partial charge in [-0.2, -0.15) is 0 Å². The summed E-state index contributed by atoms with van der Waals surface area (Å²) in [6, 6.07) is 9.04. The maximum absolute atomic E-state index is 12.6. The second-order valence-corrected chi connectivity index (χ2v) is 8.12. The van der Waals surface area contributed by atoms with Gasteiger partial charge in [-0.05, 0) is 61.0 Å². The number of likely N-dealkylation sites (N-methyl/N-ethyl adjacent to an activating group) is 1. The average Bonchev–Trinajstić information content (AvgIpc) is 2.91. The van der Waals surface area contributed by atoms with Crippen molar-refractivity contribution >= 4 is 5.91 Å². The molecule has 3 aliphatic carbocycles. The topological polar surface area (TPSA) is 20.3 Å². The quantitative estimate of drug-likeness (QED) is 0.762. The maximum Gasteiger partial charge on any atom is 0.249 e. The predicted octanol–water partition coefficient (Wildman–Crippen LogP) is 4.17. The third-order valence-electron chi connectivity index (χ3n) is 6.86. The summed E-state index contributed by atoms with van der Waals surface area (Å²) in [5, 5.41) is 0. The zero-order chi connectivity index (χ0) is 16.2. The van der Waals surface area contributed by atoms with Crippen LogP contribution in [0.4, 0.5) is 0 Å². The Balaban J connectivity index is 1.66. The van der Waals surface area contributed by atoms with Crippen molar-refractivity contribution in [2.24, 2.45) is 17.3 Å². The minimum Gasteiger partial charge on any atom is -0.345 e. The molecule has 0 radical (unpaired) electrons. The highest BCUT2D eigenvalue weighted by Gasteiger charge is 2.53. The van der Waals surface area contributed by atoms with Gasteiger partial charge in [0.25, 0.3) is 0 Å². The van der Waals surface area contributed by atoms with Gasteiger partial charge >= 0.3 is 0 Å². The molecule has 0 N–H and O–H groups in total. The van der Waals surface area contributed by atoms with Gasteiger partial charge in [-0.1, -0.05) is 37.3 Å². The molecule has 3 aliphatic rings. The molecule has 4 atom stereocenters. The number of hydrogen-bond acceptors (Lipinski definition) is 1. The number of amides is 1. The molecule has 2 nitrogen and oxygen atoms in total. The Morgan fingerprint density at radius 1 is 1.22 bits per heavy atom. The zero-order valence-corrected chi connectivity index (χ0v) is 14.5. The van der Waals surface area contributed by atoms with Crippen molar-refractivity contribution in [3.8, 4) is 0 Å². The van der Waals surface area contributed by atoms with Crippen molar-refractivity contribution in [3.63, 3.8) is 0 Å². The Morgan fingerprint density at radius 2 is 2.00 bits per heavy atom. The fourth-order valence-corrected chi connectivity index (χ4v) is 5.66. The summed E-state index contributed by atoms with van der Waals surface area (Å²) in [7, 11) is 3.75. The van der Waals surface area contributed by atoms with Crippen molar-refractivity contribution in [1.82, 2.24) is 4.90 Å². The van der Waals surface area contributed by atoms with Gasteiger partial charge in [0.2, 0.25) is 5.91 Å². The Labute approximate surface area is 139 Å². The van der Waals surface area contributed by atoms with Crippen LogP contribution in [0.1, 0.15) is 49.7 Å². The van der Waals surface area contributed by atoms with E-state index in [9.17, 15) is 4.79 Å². The smallest absolute Gasteiger partial charge is 0.249 e. The van der Waals surface area contributed by atoms with Crippen LogP contribution in [0.3, 0.4) is 0 Å². The molecule has 0 aliphatic heterocycles. The van der Waals surface area contributed by atoms with E-state index in [0.29, 0.717) is 11.8 Å². The number of fused-ring (bicyclic) bond motifs is 5. The number of allylic oxidation sites excluding steroid dienone is 1. The highest BCUT2D eigenvalue weighted by Crippen LogP contribution is 2.61. The standard InChI is InChI=1S/C21H27NO/c1-21-13-12-16-15-7-5-4-6-14(15)8-9-17(16)18(21)10-11-19(21)20(23)22(2)3/h4-7,11,16-18H,8-10,12-13H2,1-3H3/t16-,17-,18+,21+/m1/s1. The zero-order valence-electron chi connectivity index (χ0n) is 14.5. The third kappa shape index (κ3) is 2.10. The fraction of sp³-hybridized carbons (Fsp3) is 0.571. The minimum atomic E-state index is 0.0921. The Bertz CT molecular complexity index is 674. The van der Waals surface area contributed by atoms with E-state index in [2.05, 4.69) is 37.3 Å². The lowest BCUT2D eigenvalue weighted by atomic mass is 9.54. The molecule has 1 aromatic carbocycles. The fourth-order valence-electron chi connectivity index (χ4n) is 5.66. The lowest BCUT2D eigenvalue weighted by Crippen LogP contribution is -2.43. The van der Waals surface area contributed by atoms with Crippen LogP contribution >= 0.6 is 0 Å². The molecule has 0 heterocycles. The Morgan fingerprint density at radius 3 is 2.78 bits per heavy atom. The number of carbonyl (C=O) groups excluding carboxylic acids is 1. The monoisotopic (exact) mass is 309 g/mol. The number of hydrogen-bond donors (Lipinski definition) is 0. The summed E-state index contributed by atoms with van der Waals surface area (Å²) in [5.74, 6) is 2.32. The first-order chi connectivity index (χ1) is 11.0. The molecule has 2 heteroatoms. The van der Waals surface area contributed by atoms with Crippen LogP contribution in [0, 0.1) is 17.3 Å². The second-order valence-electron chi connectivity index (χ2n) is 8.12. The largest absolute Gasteiger partial charge is 0.345 e. The first kappa shape index (κ1) is 15.0. The number of nitrogens with zero attached hydrogens (tertiary/aromatic N) is 1. The first-order valence-electron chi connectivity index (χ1n) is 9.02. The summed E-state index contributed by atoms with van der Waals surface area (Å²) in [5.41, 5.74) is 4.34. The number of benzene rings is 1. The summed E-state index contributed by atoms with van der Waals surface area (Å²) in [6.45, 7) is 2.36. The maximum atomic E-state index is 12.6. The predicted molar refractivity (Wildman–Crippen MR) is 93.2 cm³/mol. The number of carbonyl (C=O) groups is 1. The molecule has 1 amide bonds. The van der Waals surface area contributed by atoms with E-state index < -0.39 is 0 Å². The van der Waals surface area contributed by atoms with E-state index in [1.54, 1.807) is 16.0 Å². The summed E-state index contributed by atoms with van der Waals surface area (Å²) >= 11 is 0. The third-order valence-corrected chi connectivity index (χ3v) is 6.86. The van der Waals surface area contributed by atoms with Crippen molar-refractivity contribution in [2.45, 2.75) is 44.9 Å². The van der Waals surface area contributed by atoms with Gasteiger partial charge in [0, 0.05) is 25.1 Å². The van der Waals surface area contributed by atoms with Crippen LogP contribution in [-0.4, -0.2) is 24.9 Å². The van der Waals surface area contributed by atoms with Crippen LogP contribution in [0.25, 0.3) is 0 Å². The Kier molecular flexibility index (Phi) is 3.40. The lowest BCUT2D eigenvalue weighted by molar-refractivity contribution is -0.126. The van der Waals surface area contributed by atoms with Gasteiger partial charge in [-0.15, -0.1) is 0 Å². The average molecular weight is 309 g/mol. The molecule has 0 bridgehead atoms. The first-order valence-corrected chi connectivity index (χ1v) is 9.02. The van der Waals surface area contributed by atoms with Crippen LogP contribution in [0.2, 0.25) is 0 Å². The molecule has 23 heavy (non-hydrogen) atoms. The molecular formula is C21H27NO. The van der Waals surface area contributed by atoms with Gasteiger partial charge in [-0.25, -0.2) is 0 Å². The minimum absolute atomic E-state index is 0.0921. The van der Waals surface area contributed by atoms with Crippen molar-refractivity contribution < 1.29 is 4.79 Å². The summed E-state index contributed by atoms with van der Waals surface area (Å²) < 4.78 is 0. The van der Waals surface area contributed by atoms with E-state index in [1.165, 1.54) is 19.3 Å². The number of aryl methyl sites for hydroxylation is 1. The van der Waals surface area contributed by atoms with Crippen molar-refractivity contribution in [3.05, 3.63) is 47.0 Å². The van der Waals surface area contributed by atoms with Gasteiger partial charge in [0.1, 0.15) is 0 Å². The molecule has 0 unspecified atom stereocenters. The molecule has 122 valence electrons. The van der Waals surface area contributed by atoms with Crippen LogP contribution in [-0.2, 0) is 11.2 Å². The normalized spacial score (nSPS) is 34.9. The molecule has 0 aromatic heterocycles.